The summed E-state index contributed by atoms with van der Waals surface area (Å²) in [4.78, 5) is 12.2. The number of hydrogen-bond donors (Lipinski definition) is 1. The van der Waals surface area contributed by atoms with Gasteiger partial charge in [-0.1, -0.05) is 18.2 Å². The minimum Gasteiger partial charge on any atom is -0.496 e. The molecule has 1 fully saturated rings. The molecule has 1 aliphatic heterocycles. The average molecular weight is 293 g/mol. The Morgan fingerprint density at radius 3 is 2.95 bits per heavy atom. The molecule has 1 heterocycles. The van der Waals surface area contributed by atoms with Crippen molar-refractivity contribution in [3.8, 4) is 5.75 Å². The number of methoxy groups -OCH3 is 1. The second kappa shape index (κ2) is 8.00. The normalized spacial score (nSPS) is 19.2. The zero-order valence-corrected chi connectivity index (χ0v) is 12.6. The van der Waals surface area contributed by atoms with Crippen LogP contribution in [0.15, 0.2) is 24.3 Å². The van der Waals surface area contributed by atoms with Gasteiger partial charge in [-0.05, 0) is 25.8 Å². The SMILES string of the molecule is CCOC(=O)C(NCC1CCCO1)c1ccccc1OC. The van der Waals surface area contributed by atoms with Gasteiger partial charge in [0.15, 0.2) is 0 Å². The van der Waals surface area contributed by atoms with Gasteiger partial charge in [0.25, 0.3) is 0 Å². The highest BCUT2D eigenvalue weighted by atomic mass is 16.5. The van der Waals surface area contributed by atoms with Crippen LogP contribution in [0.2, 0.25) is 0 Å². The van der Waals surface area contributed by atoms with E-state index >= 15 is 0 Å². The summed E-state index contributed by atoms with van der Waals surface area (Å²) in [5.74, 6) is 0.385. The first kappa shape index (κ1) is 15.8. The lowest BCUT2D eigenvalue weighted by Crippen LogP contribution is -2.35. The summed E-state index contributed by atoms with van der Waals surface area (Å²) >= 11 is 0. The van der Waals surface area contributed by atoms with Gasteiger partial charge in [-0.25, -0.2) is 4.79 Å². The van der Waals surface area contributed by atoms with E-state index in [1.54, 1.807) is 14.0 Å². The van der Waals surface area contributed by atoms with Crippen molar-refractivity contribution in [3.05, 3.63) is 29.8 Å². The van der Waals surface area contributed by atoms with Crippen LogP contribution in [-0.2, 0) is 14.3 Å². The maximum absolute atomic E-state index is 12.2. The van der Waals surface area contributed by atoms with Crippen molar-refractivity contribution in [3.63, 3.8) is 0 Å². The van der Waals surface area contributed by atoms with E-state index in [0.717, 1.165) is 25.0 Å². The first-order valence-electron chi connectivity index (χ1n) is 7.40. The minimum atomic E-state index is -0.537. The highest BCUT2D eigenvalue weighted by Crippen LogP contribution is 2.26. The van der Waals surface area contributed by atoms with Crippen molar-refractivity contribution in [1.82, 2.24) is 5.32 Å². The molecule has 0 bridgehead atoms. The highest BCUT2D eigenvalue weighted by molar-refractivity contribution is 5.78. The molecule has 0 saturated carbocycles. The fourth-order valence-electron chi connectivity index (χ4n) is 2.51. The van der Waals surface area contributed by atoms with E-state index in [-0.39, 0.29) is 12.1 Å². The van der Waals surface area contributed by atoms with Crippen LogP contribution >= 0.6 is 0 Å². The van der Waals surface area contributed by atoms with Crippen molar-refractivity contribution in [2.75, 3.05) is 26.9 Å². The van der Waals surface area contributed by atoms with Crippen molar-refractivity contribution in [2.45, 2.75) is 31.9 Å². The Bertz CT molecular complexity index is 457. The Balaban J connectivity index is 2.12. The van der Waals surface area contributed by atoms with Crippen molar-refractivity contribution in [1.29, 1.82) is 0 Å². The van der Waals surface area contributed by atoms with Crippen LogP contribution in [0.1, 0.15) is 31.4 Å². The average Bonchev–Trinajstić information content (AvgIpc) is 3.01. The van der Waals surface area contributed by atoms with E-state index in [2.05, 4.69) is 5.32 Å². The molecule has 2 unspecified atom stereocenters. The molecule has 5 heteroatoms. The third-order valence-electron chi connectivity index (χ3n) is 3.55. The van der Waals surface area contributed by atoms with Crippen LogP contribution in [0.4, 0.5) is 0 Å². The Labute approximate surface area is 125 Å². The van der Waals surface area contributed by atoms with Crippen LogP contribution in [0.25, 0.3) is 0 Å². The lowest BCUT2D eigenvalue weighted by molar-refractivity contribution is -0.146. The van der Waals surface area contributed by atoms with E-state index in [1.807, 2.05) is 24.3 Å². The lowest BCUT2D eigenvalue weighted by atomic mass is 10.1. The summed E-state index contributed by atoms with van der Waals surface area (Å²) < 4.78 is 16.1. The van der Waals surface area contributed by atoms with Crippen LogP contribution < -0.4 is 10.1 Å². The van der Waals surface area contributed by atoms with E-state index in [0.29, 0.717) is 18.9 Å². The van der Waals surface area contributed by atoms with E-state index in [1.165, 1.54) is 0 Å². The molecular weight excluding hydrogens is 270 g/mol. The molecule has 2 atom stereocenters. The Morgan fingerprint density at radius 1 is 1.48 bits per heavy atom. The molecule has 1 aliphatic rings. The van der Waals surface area contributed by atoms with Gasteiger partial charge in [-0.15, -0.1) is 0 Å². The quantitative estimate of drug-likeness (QED) is 0.780. The minimum absolute atomic E-state index is 0.164. The molecule has 116 valence electrons. The standard InChI is InChI=1S/C16H23NO4/c1-3-20-16(18)15(17-11-12-7-6-10-21-12)13-8-4-5-9-14(13)19-2/h4-5,8-9,12,15,17H,3,6-7,10-11H2,1-2H3. The van der Waals surface area contributed by atoms with Gasteiger partial charge in [0, 0.05) is 18.7 Å². The molecule has 1 N–H and O–H groups in total. The predicted molar refractivity (Wildman–Crippen MR) is 79.3 cm³/mol. The zero-order chi connectivity index (χ0) is 15.1. The highest BCUT2D eigenvalue weighted by Gasteiger charge is 2.26. The summed E-state index contributed by atoms with van der Waals surface area (Å²) in [5, 5.41) is 3.26. The molecular formula is C16H23NO4. The molecule has 1 aromatic carbocycles. The van der Waals surface area contributed by atoms with E-state index in [4.69, 9.17) is 14.2 Å². The van der Waals surface area contributed by atoms with Crippen LogP contribution in [0.5, 0.6) is 5.75 Å². The maximum Gasteiger partial charge on any atom is 0.327 e. The molecule has 21 heavy (non-hydrogen) atoms. The van der Waals surface area contributed by atoms with Crippen LogP contribution in [0, 0.1) is 0 Å². The number of nitrogens with one attached hydrogen (secondary N) is 1. The molecule has 0 amide bonds. The Hall–Kier alpha value is -1.59. The summed E-state index contributed by atoms with van der Waals surface area (Å²) in [5.41, 5.74) is 0.788. The molecule has 0 aromatic heterocycles. The molecule has 1 aromatic rings. The molecule has 5 nitrogen and oxygen atoms in total. The van der Waals surface area contributed by atoms with Gasteiger partial charge in [0.1, 0.15) is 11.8 Å². The van der Waals surface area contributed by atoms with Gasteiger partial charge in [-0.3, -0.25) is 5.32 Å². The van der Waals surface area contributed by atoms with Gasteiger partial charge >= 0.3 is 5.97 Å². The maximum atomic E-state index is 12.2. The van der Waals surface area contributed by atoms with Crippen molar-refractivity contribution >= 4 is 5.97 Å². The Kier molecular flexibility index (Phi) is 6.02. The number of carbonyl (C=O) groups excluding carboxylic acids is 1. The number of esters is 1. The first-order valence-corrected chi connectivity index (χ1v) is 7.40. The van der Waals surface area contributed by atoms with Crippen LogP contribution in [-0.4, -0.2) is 38.9 Å². The number of carbonyl (C=O) groups is 1. The van der Waals surface area contributed by atoms with Crippen molar-refractivity contribution < 1.29 is 19.0 Å². The Morgan fingerprint density at radius 2 is 2.29 bits per heavy atom. The summed E-state index contributed by atoms with van der Waals surface area (Å²) in [7, 11) is 1.60. The van der Waals surface area contributed by atoms with Gasteiger partial charge in [0.05, 0.1) is 19.8 Å². The molecule has 0 aliphatic carbocycles. The third kappa shape index (κ3) is 4.19. The monoisotopic (exact) mass is 293 g/mol. The molecule has 2 rings (SSSR count). The molecule has 0 spiro atoms. The number of hydrogen-bond acceptors (Lipinski definition) is 5. The molecule has 0 radical (unpaired) electrons. The van der Waals surface area contributed by atoms with E-state index < -0.39 is 6.04 Å². The number of para-hydroxylation sites is 1. The number of benzene rings is 1. The van der Waals surface area contributed by atoms with Gasteiger partial charge in [0.2, 0.25) is 0 Å². The first-order chi connectivity index (χ1) is 10.3. The van der Waals surface area contributed by atoms with E-state index in [9.17, 15) is 4.79 Å². The number of ether oxygens (including phenoxy) is 3. The lowest BCUT2D eigenvalue weighted by Gasteiger charge is -2.21. The van der Waals surface area contributed by atoms with Gasteiger partial charge in [-0.2, -0.15) is 0 Å². The molecule has 1 saturated heterocycles. The zero-order valence-electron chi connectivity index (χ0n) is 12.6. The summed E-state index contributed by atoms with van der Waals surface area (Å²) in [6.45, 7) is 3.58. The number of rotatable bonds is 7. The predicted octanol–water partition coefficient (Wildman–Crippen LogP) is 2.07. The van der Waals surface area contributed by atoms with Crippen molar-refractivity contribution in [2.24, 2.45) is 0 Å². The second-order valence-corrected chi connectivity index (χ2v) is 4.97. The summed E-state index contributed by atoms with van der Waals surface area (Å²) in [6, 6.07) is 6.95. The summed E-state index contributed by atoms with van der Waals surface area (Å²) in [6.07, 6.45) is 2.26. The fraction of sp³-hybridized carbons (Fsp3) is 0.562. The smallest absolute Gasteiger partial charge is 0.327 e. The topological polar surface area (TPSA) is 56.8 Å². The largest absolute Gasteiger partial charge is 0.496 e. The fourth-order valence-corrected chi connectivity index (χ4v) is 2.51. The second-order valence-electron chi connectivity index (χ2n) is 4.97. The third-order valence-corrected chi connectivity index (χ3v) is 3.55. The van der Waals surface area contributed by atoms with Crippen LogP contribution in [0.3, 0.4) is 0 Å². The van der Waals surface area contributed by atoms with Gasteiger partial charge < -0.3 is 14.2 Å².